The third-order valence-electron chi connectivity index (χ3n) is 3.00. The molecular formula is C11H12F3N3O. The number of aromatic nitrogens is 2. The van der Waals surface area contributed by atoms with E-state index in [-0.39, 0.29) is 5.92 Å². The number of anilines is 1. The molecule has 0 aliphatic carbocycles. The van der Waals surface area contributed by atoms with Crippen LogP contribution in [0.15, 0.2) is 12.1 Å². The summed E-state index contributed by atoms with van der Waals surface area (Å²) in [5.74, 6) is 0.469. The summed E-state index contributed by atoms with van der Waals surface area (Å²) in [6, 6.07) is 2.24. The lowest BCUT2D eigenvalue weighted by molar-refractivity contribution is -0.141. The molecule has 0 N–H and O–H groups in total. The van der Waals surface area contributed by atoms with Gasteiger partial charge in [-0.2, -0.15) is 13.2 Å². The number of hydrogen-bond acceptors (Lipinski definition) is 4. The average molecular weight is 259 g/mol. The molecule has 0 spiro atoms. The molecule has 1 fully saturated rings. The maximum absolute atomic E-state index is 12.3. The summed E-state index contributed by atoms with van der Waals surface area (Å²) in [6.45, 7) is 1.23. The molecule has 0 atom stereocenters. The normalized spacial score (nSPS) is 17.8. The monoisotopic (exact) mass is 259 g/mol. The van der Waals surface area contributed by atoms with Gasteiger partial charge in [-0.05, 0) is 25.0 Å². The van der Waals surface area contributed by atoms with Gasteiger partial charge in [0.05, 0.1) is 0 Å². The van der Waals surface area contributed by atoms with Crippen molar-refractivity contribution >= 4 is 12.1 Å². The minimum atomic E-state index is -4.46. The molecule has 1 aromatic heterocycles. The van der Waals surface area contributed by atoms with Crippen molar-refractivity contribution in [2.75, 3.05) is 18.0 Å². The molecule has 98 valence electrons. The number of carbonyl (C=O) groups excluding carboxylic acids is 1. The molecule has 0 aromatic carbocycles. The van der Waals surface area contributed by atoms with E-state index in [9.17, 15) is 18.0 Å². The highest BCUT2D eigenvalue weighted by Gasteiger charge is 2.33. The van der Waals surface area contributed by atoms with Crippen molar-refractivity contribution in [3.63, 3.8) is 0 Å². The van der Waals surface area contributed by atoms with Crippen LogP contribution in [0.25, 0.3) is 0 Å². The van der Waals surface area contributed by atoms with E-state index < -0.39 is 11.9 Å². The number of halogens is 3. The number of rotatable bonds is 2. The Balaban J connectivity index is 2.05. The summed E-state index contributed by atoms with van der Waals surface area (Å²) < 4.78 is 36.9. The zero-order valence-electron chi connectivity index (χ0n) is 9.52. The van der Waals surface area contributed by atoms with E-state index in [1.807, 2.05) is 4.90 Å². The van der Waals surface area contributed by atoms with Crippen molar-refractivity contribution in [3.8, 4) is 0 Å². The summed E-state index contributed by atoms with van der Waals surface area (Å²) in [4.78, 5) is 12.4. The molecule has 0 saturated carbocycles. The quantitative estimate of drug-likeness (QED) is 0.761. The fraction of sp³-hybridized carbons (Fsp3) is 0.545. The zero-order chi connectivity index (χ0) is 13.2. The van der Waals surface area contributed by atoms with Crippen LogP contribution in [0, 0.1) is 5.92 Å². The second-order valence-electron chi connectivity index (χ2n) is 4.24. The molecule has 2 heterocycles. The van der Waals surface area contributed by atoms with Gasteiger partial charge < -0.3 is 9.69 Å². The van der Waals surface area contributed by atoms with E-state index in [0.717, 1.165) is 12.4 Å². The third-order valence-corrected chi connectivity index (χ3v) is 3.00. The Labute approximate surface area is 102 Å². The Morgan fingerprint density at radius 3 is 2.33 bits per heavy atom. The van der Waals surface area contributed by atoms with Crippen molar-refractivity contribution in [2.24, 2.45) is 5.92 Å². The van der Waals surface area contributed by atoms with Gasteiger partial charge in [0, 0.05) is 19.0 Å². The van der Waals surface area contributed by atoms with Gasteiger partial charge in [0.25, 0.3) is 0 Å². The highest BCUT2D eigenvalue weighted by atomic mass is 19.4. The molecule has 4 nitrogen and oxygen atoms in total. The van der Waals surface area contributed by atoms with Gasteiger partial charge in [0.1, 0.15) is 6.29 Å². The molecule has 18 heavy (non-hydrogen) atoms. The molecule has 1 aromatic rings. The number of alkyl halides is 3. The van der Waals surface area contributed by atoms with E-state index in [1.165, 1.54) is 6.07 Å². The molecule has 0 radical (unpaired) electrons. The molecule has 2 rings (SSSR count). The second-order valence-corrected chi connectivity index (χ2v) is 4.24. The predicted octanol–water partition coefficient (Wildman–Crippen LogP) is 1.91. The number of piperidine rings is 1. The number of carbonyl (C=O) groups is 1. The maximum Gasteiger partial charge on any atom is 0.435 e. The maximum atomic E-state index is 12.3. The van der Waals surface area contributed by atoms with Gasteiger partial charge in [-0.1, -0.05) is 0 Å². The Morgan fingerprint density at radius 1 is 1.22 bits per heavy atom. The summed E-state index contributed by atoms with van der Waals surface area (Å²) in [6.07, 6.45) is -2.13. The minimum Gasteiger partial charge on any atom is -0.355 e. The lowest BCUT2D eigenvalue weighted by Crippen LogP contribution is -2.34. The fourth-order valence-corrected chi connectivity index (χ4v) is 1.91. The van der Waals surface area contributed by atoms with E-state index >= 15 is 0 Å². The Kier molecular flexibility index (Phi) is 3.49. The first-order valence-corrected chi connectivity index (χ1v) is 5.62. The molecule has 0 amide bonds. The molecule has 0 unspecified atom stereocenters. The van der Waals surface area contributed by atoms with Crippen molar-refractivity contribution in [1.29, 1.82) is 0 Å². The first kappa shape index (κ1) is 12.8. The largest absolute Gasteiger partial charge is 0.435 e. The van der Waals surface area contributed by atoms with Crippen LogP contribution in [0.2, 0.25) is 0 Å². The smallest absolute Gasteiger partial charge is 0.355 e. The molecule has 0 bridgehead atoms. The van der Waals surface area contributed by atoms with Crippen LogP contribution in [0.1, 0.15) is 18.5 Å². The zero-order valence-corrected chi connectivity index (χ0v) is 9.52. The number of hydrogen-bond donors (Lipinski definition) is 0. The molecular weight excluding hydrogens is 247 g/mol. The molecule has 1 saturated heterocycles. The first-order chi connectivity index (χ1) is 8.50. The highest BCUT2D eigenvalue weighted by molar-refractivity contribution is 5.54. The molecule has 1 aliphatic rings. The van der Waals surface area contributed by atoms with Crippen LogP contribution >= 0.6 is 0 Å². The van der Waals surface area contributed by atoms with Crippen molar-refractivity contribution < 1.29 is 18.0 Å². The summed E-state index contributed by atoms with van der Waals surface area (Å²) in [5, 5.41) is 6.77. The van der Waals surface area contributed by atoms with Gasteiger partial charge in [-0.25, -0.2) is 0 Å². The SMILES string of the molecule is O=CC1CCN(c2ccc(C(F)(F)F)nn2)CC1. The van der Waals surface area contributed by atoms with Crippen LogP contribution in [-0.4, -0.2) is 29.6 Å². The van der Waals surface area contributed by atoms with Crippen molar-refractivity contribution in [3.05, 3.63) is 17.8 Å². The van der Waals surface area contributed by atoms with Crippen LogP contribution in [0.5, 0.6) is 0 Å². The summed E-state index contributed by atoms with van der Waals surface area (Å²) in [7, 11) is 0. The lowest BCUT2D eigenvalue weighted by Gasteiger charge is -2.30. The van der Waals surface area contributed by atoms with Crippen LogP contribution in [0.4, 0.5) is 19.0 Å². The lowest BCUT2D eigenvalue weighted by atomic mass is 9.99. The van der Waals surface area contributed by atoms with E-state index in [1.54, 1.807) is 0 Å². The minimum absolute atomic E-state index is 0.0451. The molecule has 7 heteroatoms. The third kappa shape index (κ3) is 2.77. The first-order valence-electron chi connectivity index (χ1n) is 5.62. The Morgan fingerprint density at radius 2 is 1.89 bits per heavy atom. The van der Waals surface area contributed by atoms with E-state index in [0.29, 0.717) is 31.7 Å². The Bertz CT molecular complexity index is 411. The number of nitrogens with zero attached hydrogens (tertiary/aromatic N) is 3. The fourth-order valence-electron chi connectivity index (χ4n) is 1.91. The van der Waals surface area contributed by atoms with Crippen molar-refractivity contribution in [2.45, 2.75) is 19.0 Å². The van der Waals surface area contributed by atoms with Gasteiger partial charge in [0.2, 0.25) is 0 Å². The standard InChI is InChI=1S/C11H12F3N3O/c12-11(13,14)9-1-2-10(16-15-9)17-5-3-8(7-18)4-6-17/h1-2,7-8H,3-6H2. The topological polar surface area (TPSA) is 46.1 Å². The average Bonchev–Trinajstić information content (AvgIpc) is 2.38. The van der Waals surface area contributed by atoms with E-state index in [4.69, 9.17) is 0 Å². The van der Waals surface area contributed by atoms with Crippen LogP contribution in [0.3, 0.4) is 0 Å². The van der Waals surface area contributed by atoms with Gasteiger partial charge >= 0.3 is 6.18 Å². The van der Waals surface area contributed by atoms with Crippen molar-refractivity contribution in [1.82, 2.24) is 10.2 Å². The summed E-state index contributed by atoms with van der Waals surface area (Å²) in [5.41, 5.74) is -0.992. The predicted molar refractivity (Wildman–Crippen MR) is 58.0 cm³/mol. The Hall–Kier alpha value is -1.66. The van der Waals surface area contributed by atoms with Crippen LogP contribution < -0.4 is 4.90 Å². The van der Waals surface area contributed by atoms with Crippen LogP contribution in [-0.2, 0) is 11.0 Å². The second kappa shape index (κ2) is 4.91. The van der Waals surface area contributed by atoms with Gasteiger partial charge in [0.15, 0.2) is 11.5 Å². The highest BCUT2D eigenvalue weighted by Crippen LogP contribution is 2.28. The van der Waals surface area contributed by atoms with Gasteiger partial charge in [-0.3, -0.25) is 0 Å². The summed E-state index contributed by atoms with van der Waals surface area (Å²) >= 11 is 0. The number of aldehydes is 1. The molecule has 1 aliphatic heterocycles. The van der Waals surface area contributed by atoms with E-state index in [2.05, 4.69) is 10.2 Å². The van der Waals surface area contributed by atoms with Gasteiger partial charge in [-0.15, -0.1) is 10.2 Å².